The summed E-state index contributed by atoms with van der Waals surface area (Å²) >= 11 is 0. The maximum absolute atomic E-state index is 4.67. The number of hydrogen-bond donors (Lipinski definition) is 0. The van der Waals surface area contributed by atoms with Gasteiger partial charge in [0.15, 0.2) is 0 Å². The average molecular weight is 433 g/mol. The van der Waals surface area contributed by atoms with E-state index in [-0.39, 0.29) is 16.2 Å². The second kappa shape index (κ2) is 7.38. The van der Waals surface area contributed by atoms with Crippen molar-refractivity contribution >= 4 is 0 Å². The highest BCUT2D eigenvalue weighted by atomic mass is 14.7. The van der Waals surface area contributed by atoms with Gasteiger partial charge in [-0.2, -0.15) is 0 Å². The van der Waals surface area contributed by atoms with Gasteiger partial charge in [-0.3, -0.25) is 9.97 Å². The van der Waals surface area contributed by atoms with Crippen molar-refractivity contribution in [3.8, 4) is 11.1 Å². The molecule has 0 spiro atoms. The van der Waals surface area contributed by atoms with Crippen LogP contribution in [0.3, 0.4) is 0 Å². The summed E-state index contributed by atoms with van der Waals surface area (Å²) < 4.78 is 0. The highest BCUT2D eigenvalue weighted by Gasteiger charge is 2.38. The predicted octanol–water partition coefficient (Wildman–Crippen LogP) is 7.43. The standard InChI is InChI=1S/C31H32N2/c1-29(2,27-11-7-9-17-32-27)21-13-15-25-23(19-21)24-20-22(14-16-26(24)31(25,5)6)30(3,4)28-12-8-10-18-33-28/h7-20H,1-6H3. The number of rotatable bonds is 4. The lowest BCUT2D eigenvalue weighted by Crippen LogP contribution is -2.21. The number of nitrogens with zero attached hydrogens (tertiary/aromatic N) is 2. The maximum atomic E-state index is 4.67. The molecule has 0 radical (unpaired) electrons. The van der Waals surface area contributed by atoms with Crippen molar-refractivity contribution in [2.75, 3.05) is 0 Å². The van der Waals surface area contributed by atoms with Gasteiger partial charge in [-0.1, -0.05) is 77.9 Å². The molecule has 1 aliphatic rings. The minimum Gasteiger partial charge on any atom is -0.260 e. The first kappa shape index (κ1) is 21.6. The summed E-state index contributed by atoms with van der Waals surface area (Å²) in [5, 5.41) is 0. The van der Waals surface area contributed by atoms with Crippen molar-refractivity contribution in [1.82, 2.24) is 9.97 Å². The maximum Gasteiger partial charge on any atom is 0.0503 e. The molecule has 0 saturated heterocycles. The Kier molecular flexibility index (Phi) is 4.83. The number of hydrogen-bond acceptors (Lipinski definition) is 2. The van der Waals surface area contributed by atoms with Crippen LogP contribution in [-0.2, 0) is 16.2 Å². The Hall–Kier alpha value is -3.26. The lowest BCUT2D eigenvalue weighted by atomic mass is 9.77. The van der Waals surface area contributed by atoms with Gasteiger partial charge in [-0.05, 0) is 69.8 Å². The lowest BCUT2D eigenvalue weighted by Gasteiger charge is -2.27. The van der Waals surface area contributed by atoms with E-state index in [4.69, 9.17) is 0 Å². The molecule has 2 heteroatoms. The summed E-state index contributed by atoms with van der Waals surface area (Å²) in [7, 11) is 0. The van der Waals surface area contributed by atoms with Crippen LogP contribution in [0.25, 0.3) is 11.1 Å². The van der Waals surface area contributed by atoms with Gasteiger partial charge in [0.1, 0.15) is 0 Å². The molecule has 2 aromatic carbocycles. The predicted molar refractivity (Wildman–Crippen MR) is 137 cm³/mol. The van der Waals surface area contributed by atoms with Crippen LogP contribution in [0, 0.1) is 0 Å². The molecule has 2 aromatic heterocycles. The fourth-order valence-corrected chi connectivity index (χ4v) is 5.31. The van der Waals surface area contributed by atoms with Crippen molar-refractivity contribution in [3.05, 3.63) is 119 Å². The van der Waals surface area contributed by atoms with Gasteiger partial charge in [0.25, 0.3) is 0 Å². The minimum absolute atomic E-state index is 0.0218. The molecule has 166 valence electrons. The Balaban J connectivity index is 1.66. The third-order valence-electron chi connectivity index (χ3n) is 7.73. The second-order valence-electron chi connectivity index (χ2n) is 10.8. The van der Waals surface area contributed by atoms with Gasteiger partial charge >= 0.3 is 0 Å². The third kappa shape index (κ3) is 3.31. The summed E-state index contributed by atoms with van der Waals surface area (Å²) in [6, 6.07) is 26.4. The average Bonchev–Trinajstić information content (AvgIpc) is 3.06. The van der Waals surface area contributed by atoms with Crippen molar-refractivity contribution in [3.63, 3.8) is 0 Å². The molecule has 1 aliphatic carbocycles. The second-order valence-corrected chi connectivity index (χ2v) is 10.8. The number of pyridine rings is 2. The molecule has 2 nitrogen and oxygen atoms in total. The Labute approximate surface area is 197 Å². The van der Waals surface area contributed by atoms with Gasteiger partial charge in [0.05, 0.1) is 11.4 Å². The van der Waals surface area contributed by atoms with E-state index >= 15 is 0 Å². The van der Waals surface area contributed by atoms with E-state index < -0.39 is 0 Å². The zero-order chi connectivity index (χ0) is 23.4. The Morgan fingerprint density at radius 2 is 1.00 bits per heavy atom. The molecule has 0 saturated carbocycles. The zero-order valence-electron chi connectivity index (χ0n) is 20.5. The van der Waals surface area contributed by atoms with Gasteiger partial charge in [-0.15, -0.1) is 0 Å². The van der Waals surface area contributed by atoms with Crippen LogP contribution < -0.4 is 0 Å². The summed E-state index contributed by atoms with van der Waals surface area (Å²) in [5.74, 6) is 0. The monoisotopic (exact) mass is 432 g/mol. The van der Waals surface area contributed by atoms with Crippen LogP contribution >= 0.6 is 0 Å². The number of fused-ring (bicyclic) bond motifs is 3. The fourth-order valence-electron chi connectivity index (χ4n) is 5.31. The normalized spacial score (nSPS) is 14.6. The van der Waals surface area contributed by atoms with Crippen LogP contribution in [-0.4, -0.2) is 9.97 Å². The SMILES string of the molecule is CC(C)(c1ccc2c(c1)-c1cc(C(C)(C)c3ccccn3)ccc1C2(C)C)c1ccccn1. The molecule has 0 atom stereocenters. The number of benzene rings is 2. The first-order valence-electron chi connectivity index (χ1n) is 11.8. The van der Waals surface area contributed by atoms with Gasteiger partial charge in [0.2, 0.25) is 0 Å². The summed E-state index contributed by atoms with van der Waals surface area (Å²) in [4.78, 5) is 9.33. The minimum atomic E-state index is -0.173. The van der Waals surface area contributed by atoms with Crippen molar-refractivity contribution in [1.29, 1.82) is 0 Å². The summed E-state index contributed by atoms with van der Waals surface area (Å²) in [6.07, 6.45) is 3.77. The molecule has 33 heavy (non-hydrogen) atoms. The Morgan fingerprint density at radius 1 is 0.576 bits per heavy atom. The number of aromatic nitrogens is 2. The molecule has 0 bridgehead atoms. The molecule has 0 amide bonds. The lowest BCUT2D eigenvalue weighted by molar-refractivity contribution is 0.613. The molecule has 5 rings (SSSR count). The highest BCUT2D eigenvalue weighted by Crippen LogP contribution is 2.51. The van der Waals surface area contributed by atoms with Crippen LogP contribution in [0.4, 0.5) is 0 Å². The molecular formula is C31H32N2. The highest BCUT2D eigenvalue weighted by molar-refractivity contribution is 5.82. The Morgan fingerprint density at radius 3 is 1.36 bits per heavy atom. The molecule has 4 aromatic rings. The summed E-state index contributed by atoms with van der Waals surface area (Å²) in [5.41, 5.74) is 9.87. The van der Waals surface area contributed by atoms with Crippen molar-refractivity contribution in [2.45, 2.75) is 57.8 Å². The molecule has 0 aliphatic heterocycles. The van der Waals surface area contributed by atoms with E-state index in [2.05, 4.69) is 112 Å². The van der Waals surface area contributed by atoms with Gasteiger partial charge in [0, 0.05) is 28.6 Å². The quantitative estimate of drug-likeness (QED) is 0.335. The Bertz CT molecular complexity index is 1210. The van der Waals surface area contributed by atoms with Crippen LogP contribution in [0.2, 0.25) is 0 Å². The van der Waals surface area contributed by atoms with Crippen LogP contribution in [0.15, 0.2) is 85.2 Å². The molecule has 0 unspecified atom stereocenters. The van der Waals surface area contributed by atoms with E-state index in [1.54, 1.807) is 0 Å². The van der Waals surface area contributed by atoms with Gasteiger partial charge < -0.3 is 0 Å². The smallest absolute Gasteiger partial charge is 0.0503 e. The fraction of sp³-hybridized carbons (Fsp3) is 0.290. The third-order valence-corrected chi connectivity index (χ3v) is 7.73. The molecule has 2 heterocycles. The van der Waals surface area contributed by atoms with Gasteiger partial charge in [-0.25, -0.2) is 0 Å². The summed E-state index contributed by atoms with van der Waals surface area (Å²) in [6.45, 7) is 13.7. The van der Waals surface area contributed by atoms with Crippen molar-refractivity contribution < 1.29 is 0 Å². The molecule has 0 N–H and O–H groups in total. The van der Waals surface area contributed by atoms with E-state index in [0.29, 0.717) is 0 Å². The first-order chi connectivity index (χ1) is 15.6. The van der Waals surface area contributed by atoms with E-state index in [1.165, 1.54) is 33.4 Å². The molecule has 0 fully saturated rings. The van der Waals surface area contributed by atoms with E-state index in [0.717, 1.165) is 11.4 Å². The van der Waals surface area contributed by atoms with E-state index in [9.17, 15) is 0 Å². The van der Waals surface area contributed by atoms with E-state index in [1.807, 2.05) is 24.5 Å². The molecular weight excluding hydrogens is 400 g/mol. The topological polar surface area (TPSA) is 25.8 Å². The van der Waals surface area contributed by atoms with Crippen LogP contribution in [0.1, 0.15) is 75.2 Å². The largest absolute Gasteiger partial charge is 0.260 e. The zero-order valence-corrected chi connectivity index (χ0v) is 20.5. The van der Waals surface area contributed by atoms with Crippen molar-refractivity contribution in [2.24, 2.45) is 0 Å². The van der Waals surface area contributed by atoms with Crippen LogP contribution in [0.5, 0.6) is 0 Å². The first-order valence-corrected chi connectivity index (χ1v) is 11.8.